The van der Waals surface area contributed by atoms with Crippen LogP contribution < -0.4 is 4.90 Å². The Bertz CT molecular complexity index is 682. The summed E-state index contributed by atoms with van der Waals surface area (Å²) >= 11 is 0. The third-order valence-electron chi connectivity index (χ3n) is 4.01. The molecule has 0 aliphatic carbocycles. The summed E-state index contributed by atoms with van der Waals surface area (Å²) in [5.41, 5.74) is 2.63. The van der Waals surface area contributed by atoms with E-state index in [1.165, 1.54) is 5.56 Å². The minimum atomic E-state index is 0.376. The molecule has 0 N–H and O–H groups in total. The van der Waals surface area contributed by atoms with Crippen LogP contribution in [-0.4, -0.2) is 27.9 Å². The van der Waals surface area contributed by atoms with Crippen LogP contribution in [0.2, 0.25) is 0 Å². The fourth-order valence-corrected chi connectivity index (χ4v) is 2.82. The number of pyridine rings is 1. The third-order valence-corrected chi connectivity index (χ3v) is 4.01. The molecular weight excluding hydrogens is 262 g/mol. The molecule has 1 aliphatic rings. The Labute approximate surface area is 124 Å². The van der Waals surface area contributed by atoms with Crippen LogP contribution in [0.15, 0.2) is 24.5 Å². The van der Waals surface area contributed by atoms with Crippen LogP contribution in [0.4, 0.5) is 5.82 Å². The van der Waals surface area contributed by atoms with Crippen LogP contribution in [0.3, 0.4) is 0 Å². The second-order valence-corrected chi connectivity index (χ2v) is 5.69. The molecule has 5 nitrogen and oxygen atoms in total. The molecule has 0 bridgehead atoms. The number of anilines is 1. The van der Waals surface area contributed by atoms with Crippen molar-refractivity contribution in [1.29, 1.82) is 5.26 Å². The molecule has 1 unspecified atom stereocenters. The minimum Gasteiger partial charge on any atom is -0.354 e. The van der Waals surface area contributed by atoms with E-state index in [1.54, 1.807) is 0 Å². The van der Waals surface area contributed by atoms with E-state index in [9.17, 15) is 0 Å². The lowest BCUT2D eigenvalue weighted by atomic mass is 10.1. The van der Waals surface area contributed by atoms with E-state index in [1.807, 2.05) is 25.3 Å². The summed E-state index contributed by atoms with van der Waals surface area (Å²) in [4.78, 5) is 6.74. The van der Waals surface area contributed by atoms with Crippen molar-refractivity contribution in [1.82, 2.24) is 14.8 Å². The fraction of sp³-hybridized carbons (Fsp3) is 0.438. The molecular formula is C16H19N5. The van der Waals surface area contributed by atoms with E-state index in [0.717, 1.165) is 37.3 Å². The molecule has 1 saturated heterocycles. The van der Waals surface area contributed by atoms with Crippen molar-refractivity contribution >= 4 is 5.82 Å². The topological polar surface area (TPSA) is 57.7 Å². The number of rotatable bonds is 2. The number of aromatic nitrogens is 3. The first-order valence-corrected chi connectivity index (χ1v) is 7.31. The van der Waals surface area contributed by atoms with Crippen LogP contribution in [0.25, 0.3) is 0 Å². The van der Waals surface area contributed by atoms with Crippen molar-refractivity contribution in [3.05, 3.63) is 41.3 Å². The van der Waals surface area contributed by atoms with Gasteiger partial charge in [0.2, 0.25) is 0 Å². The van der Waals surface area contributed by atoms with Crippen molar-refractivity contribution in [3.63, 3.8) is 0 Å². The van der Waals surface area contributed by atoms with Gasteiger partial charge in [0.25, 0.3) is 0 Å². The molecule has 21 heavy (non-hydrogen) atoms. The van der Waals surface area contributed by atoms with Gasteiger partial charge in [-0.05, 0) is 43.9 Å². The SMILES string of the molecule is Cc1cnn(C2CCCN(c3ccc(C)c(C#N)n3)C2)c1. The largest absolute Gasteiger partial charge is 0.354 e. The Morgan fingerprint density at radius 2 is 2.19 bits per heavy atom. The maximum absolute atomic E-state index is 9.13. The summed E-state index contributed by atoms with van der Waals surface area (Å²) in [7, 11) is 0. The Hall–Kier alpha value is -2.35. The molecule has 1 fully saturated rings. The highest BCUT2D eigenvalue weighted by molar-refractivity contribution is 5.45. The normalized spacial score (nSPS) is 18.5. The van der Waals surface area contributed by atoms with Crippen molar-refractivity contribution in [2.24, 2.45) is 0 Å². The minimum absolute atomic E-state index is 0.376. The number of piperidine rings is 1. The van der Waals surface area contributed by atoms with Crippen molar-refractivity contribution in [2.45, 2.75) is 32.7 Å². The zero-order valence-corrected chi connectivity index (χ0v) is 12.5. The van der Waals surface area contributed by atoms with Gasteiger partial charge in [-0.2, -0.15) is 10.4 Å². The van der Waals surface area contributed by atoms with Gasteiger partial charge in [-0.1, -0.05) is 6.07 Å². The number of hydrogen-bond donors (Lipinski definition) is 0. The maximum atomic E-state index is 9.13. The highest BCUT2D eigenvalue weighted by atomic mass is 15.3. The molecule has 1 atom stereocenters. The second kappa shape index (κ2) is 5.57. The molecule has 108 valence electrons. The zero-order chi connectivity index (χ0) is 14.8. The van der Waals surface area contributed by atoms with Gasteiger partial charge in [0.05, 0.1) is 12.2 Å². The lowest BCUT2D eigenvalue weighted by Gasteiger charge is -2.33. The molecule has 0 spiro atoms. The first-order chi connectivity index (χ1) is 10.2. The monoisotopic (exact) mass is 281 g/mol. The van der Waals surface area contributed by atoms with Crippen LogP contribution in [0, 0.1) is 25.2 Å². The molecule has 2 aromatic rings. The molecule has 3 rings (SSSR count). The first kappa shape index (κ1) is 13.6. The van der Waals surface area contributed by atoms with Crippen molar-refractivity contribution in [3.8, 4) is 6.07 Å². The molecule has 5 heteroatoms. The average molecular weight is 281 g/mol. The first-order valence-electron chi connectivity index (χ1n) is 7.31. The van der Waals surface area contributed by atoms with E-state index < -0.39 is 0 Å². The molecule has 0 amide bonds. The molecule has 0 radical (unpaired) electrons. The van der Waals surface area contributed by atoms with Gasteiger partial charge in [-0.3, -0.25) is 4.68 Å². The Kier molecular flexibility index (Phi) is 3.61. The van der Waals surface area contributed by atoms with Gasteiger partial charge < -0.3 is 4.90 Å². The smallest absolute Gasteiger partial charge is 0.145 e. The Morgan fingerprint density at radius 3 is 2.90 bits per heavy atom. The standard InChI is InChI=1S/C16H19N5/c1-12-9-18-21(10-12)14-4-3-7-20(11-14)16-6-5-13(2)15(8-17)19-16/h5-6,9-10,14H,3-4,7,11H2,1-2H3. The third kappa shape index (κ3) is 2.75. The van der Waals surface area contributed by atoms with Crippen LogP contribution >= 0.6 is 0 Å². The quantitative estimate of drug-likeness (QED) is 0.849. The number of aryl methyl sites for hydroxylation is 2. The maximum Gasteiger partial charge on any atom is 0.145 e. The Balaban J connectivity index is 1.81. The van der Waals surface area contributed by atoms with E-state index in [-0.39, 0.29) is 0 Å². The molecule has 2 aromatic heterocycles. The lowest BCUT2D eigenvalue weighted by Crippen LogP contribution is -2.37. The van der Waals surface area contributed by atoms with Gasteiger partial charge in [0.15, 0.2) is 0 Å². The summed E-state index contributed by atoms with van der Waals surface area (Å²) in [5.74, 6) is 0.894. The van der Waals surface area contributed by atoms with Crippen molar-refractivity contribution in [2.75, 3.05) is 18.0 Å². The summed E-state index contributed by atoms with van der Waals surface area (Å²) < 4.78 is 2.06. The molecule has 0 aromatic carbocycles. The molecule has 0 saturated carbocycles. The van der Waals surface area contributed by atoms with Gasteiger partial charge in [0, 0.05) is 19.3 Å². The van der Waals surface area contributed by atoms with E-state index in [4.69, 9.17) is 5.26 Å². The van der Waals surface area contributed by atoms with Gasteiger partial charge in [-0.15, -0.1) is 0 Å². The molecule has 3 heterocycles. The Morgan fingerprint density at radius 1 is 1.33 bits per heavy atom. The van der Waals surface area contributed by atoms with E-state index in [2.05, 4.69) is 38.9 Å². The summed E-state index contributed by atoms with van der Waals surface area (Å²) in [6, 6.07) is 6.52. The van der Waals surface area contributed by atoms with E-state index >= 15 is 0 Å². The summed E-state index contributed by atoms with van der Waals surface area (Å²) in [6.07, 6.45) is 6.24. The molecule has 1 aliphatic heterocycles. The average Bonchev–Trinajstić information content (AvgIpc) is 2.94. The number of nitrogens with zero attached hydrogens (tertiary/aromatic N) is 5. The number of hydrogen-bond acceptors (Lipinski definition) is 4. The van der Waals surface area contributed by atoms with Crippen LogP contribution in [0.5, 0.6) is 0 Å². The van der Waals surface area contributed by atoms with Gasteiger partial charge >= 0.3 is 0 Å². The lowest BCUT2D eigenvalue weighted by molar-refractivity contribution is 0.374. The summed E-state index contributed by atoms with van der Waals surface area (Å²) in [6.45, 7) is 5.85. The van der Waals surface area contributed by atoms with Crippen molar-refractivity contribution < 1.29 is 0 Å². The van der Waals surface area contributed by atoms with Crippen LogP contribution in [-0.2, 0) is 0 Å². The predicted molar refractivity (Wildman–Crippen MR) is 81.1 cm³/mol. The van der Waals surface area contributed by atoms with Crippen LogP contribution in [0.1, 0.15) is 35.7 Å². The van der Waals surface area contributed by atoms with E-state index in [0.29, 0.717) is 11.7 Å². The summed E-state index contributed by atoms with van der Waals surface area (Å²) in [5, 5.41) is 13.6. The number of nitriles is 1. The van der Waals surface area contributed by atoms with Gasteiger partial charge in [-0.25, -0.2) is 4.98 Å². The highest BCUT2D eigenvalue weighted by Crippen LogP contribution is 2.25. The predicted octanol–water partition coefficient (Wildman–Crippen LogP) is 2.61. The highest BCUT2D eigenvalue weighted by Gasteiger charge is 2.23. The van der Waals surface area contributed by atoms with Gasteiger partial charge in [0.1, 0.15) is 17.6 Å². The second-order valence-electron chi connectivity index (χ2n) is 5.69. The zero-order valence-electron chi connectivity index (χ0n) is 12.5. The fourth-order valence-electron chi connectivity index (χ4n) is 2.82.